The molecule has 1 fully saturated rings. The van der Waals surface area contributed by atoms with E-state index in [0.29, 0.717) is 30.8 Å². The smallest absolute Gasteiger partial charge is 0.320 e. The summed E-state index contributed by atoms with van der Waals surface area (Å²) in [7, 11) is -4.39. The molecule has 22 nitrogen and oxygen atoms in total. The van der Waals surface area contributed by atoms with Gasteiger partial charge in [0.15, 0.2) is 14.6 Å². The molecular formula is C43H60N6O16S. The fraction of sp³-hybridized carbons (Fsp3) is 0.535. The number of nitrogens with two attached hydrogens (primary N) is 1. The molecule has 23 heteroatoms. The van der Waals surface area contributed by atoms with Crippen molar-refractivity contribution >= 4 is 57.1 Å². The van der Waals surface area contributed by atoms with Gasteiger partial charge in [0, 0.05) is 52.1 Å². The molecule has 0 unspecified atom stereocenters. The summed E-state index contributed by atoms with van der Waals surface area (Å²) in [6.07, 6.45) is 0.619. The van der Waals surface area contributed by atoms with Crippen molar-refractivity contribution in [2.24, 2.45) is 5.73 Å². The van der Waals surface area contributed by atoms with Crippen LogP contribution in [0.4, 0.5) is 0 Å². The van der Waals surface area contributed by atoms with Crippen LogP contribution in [-0.4, -0.2) is 183 Å². The van der Waals surface area contributed by atoms with Gasteiger partial charge in [0.1, 0.15) is 29.1 Å². The van der Waals surface area contributed by atoms with Crippen molar-refractivity contribution in [2.45, 2.75) is 86.4 Å². The molecule has 1 heterocycles. The van der Waals surface area contributed by atoms with Crippen molar-refractivity contribution < 1.29 is 77.1 Å². The molecule has 2 atom stereocenters. The summed E-state index contributed by atoms with van der Waals surface area (Å²) in [5.74, 6) is -6.47. The fourth-order valence-corrected chi connectivity index (χ4v) is 9.69. The summed E-state index contributed by atoms with van der Waals surface area (Å²) < 4.78 is 31.5. The van der Waals surface area contributed by atoms with Crippen LogP contribution in [0, 0.1) is 0 Å². The van der Waals surface area contributed by atoms with Crippen LogP contribution < -0.4 is 16.0 Å². The number of carbonyl (C=O) groups excluding carboxylic acids is 4. The van der Waals surface area contributed by atoms with Crippen LogP contribution in [0.3, 0.4) is 0 Å². The minimum atomic E-state index is -4.39. The number of ether oxygens (including phenoxy) is 1. The second kappa shape index (κ2) is 26.3. The average Bonchev–Trinajstić information content (AvgIpc) is 3.25. The number of hydroxylamine groups is 1. The van der Waals surface area contributed by atoms with Gasteiger partial charge in [-0.2, -0.15) is 0 Å². The summed E-state index contributed by atoms with van der Waals surface area (Å²) in [5.41, 5.74) is 7.72. The number of carboxylic acids is 4. The van der Waals surface area contributed by atoms with Gasteiger partial charge in [-0.15, -0.1) is 0 Å². The van der Waals surface area contributed by atoms with E-state index in [9.17, 15) is 72.4 Å². The number of amides is 2. The number of sulfone groups is 1. The molecule has 66 heavy (non-hydrogen) atoms. The van der Waals surface area contributed by atoms with Gasteiger partial charge in [0.05, 0.1) is 37.1 Å². The van der Waals surface area contributed by atoms with E-state index >= 15 is 0 Å². The highest BCUT2D eigenvalue weighted by molar-refractivity contribution is 7.93. The number of rotatable bonds is 31. The number of aliphatic carboxylic acids is 4. The number of Topliss-reactive ketones (excluding diaryl/α,β-unsaturated/α-hetero) is 2. The number of piperidine rings is 1. The Morgan fingerprint density at radius 1 is 0.727 bits per heavy atom. The Bertz CT molecular complexity index is 2030. The van der Waals surface area contributed by atoms with Crippen molar-refractivity contribution in [1.82, 2.24) is 25.1 Å². The molecule has 1 aliphatic rings. The summed E-state index contributed by atoms with van der Waals surface area (Å²) in [4.78, 5) is 103. The van der Waals surface area contributed by atoms with Gasteiger partial charge in [0.2, 0.25) is 5.91 Å². The normalized spacial score (nSPS) is 14.7. The number of likely N-dealkylation sites (tertiary alicyclic amines) is 1. The van der Waals surface area contributed by atoms with Gasteiger partial charge in [0.25, 0.3) is 5.91 Å². The maximum atomic E-state index is 13.9. The van der Waals surface area contributed by atoms with Crippen molar-refractivity contribution in [3.8, 4) is 11.5 Å². The third-order valence-corrected chi connectivity index (χ3v) is 13.7. The minimum Gasteiger partial charge on any atom is -0.480 e. The second-order valence-corrected chi connectivity index (χ2v) is 18.4. The van der Waals surface area contributed by atoms with Crippen molar-refractivity contribution in [2.75, 3.05) is 65.4 Å². The number of nitrogens with zero attached hydrogens (tertiary/aromatic N) is 4. The Kier molecular flexibility index (Phi) is 21.7. The fourth-order valence-electron chi connectivity index (χ4n) is 7.73. The molecule has 3 rings (SSSR count). The number of carboxylic acid groups (broad SMARTS) is 4. The minimum absolute atomic E-state index is 0.0733. The van der Waals surface area contributed by atoms with Crippen LogP contribution in [0.2, 0.25) is 0 Å². The topological polar surface area (TPSA) is 332 Å². The van der Waals surface area contributed by atoms with Gasteiger partial charge in [-0.25, -0.2) is 13.9 Å². The molecule has 0 aromatic heterocycles. The van der Waals surface area contributed by atoms with E-state index in [4.69, 9.17) is 10.5 Å². The van der Waals surface area contributed by atoms with E-state index < -0.39 is 82.0 Å². The molecule has 1 saturated heterocycles. The standard InChI is InChI=1S/C43H60N6O16S/c1-30(50)26-46(27-37(52)53)22-24-48(25-23-47(28-38(54)55)29-39(56)57)36(41(59)60)17-12-31(51)8-4-2-7-11-35(44)40(58)49-20-18-43(19-21-49,42(61)45-62)66(63,64)34-15-13-33(14-16-34)65-32-9-5-3-6-10-32/h3,5-6,9-10,13-16,35-36,62H,2,4,7-8,11-12,17-29,44H2,1H3,(H,45,61)(H,52,53)(H,54,55)(H,56,57)(H,59,60)/t35-,36-/m0/s1. The van der Waals surface area contributed by atoms with E-state index in [2.05, 4.69) is 0 Å². The van der Waals surface area contributed by atoms with Gasteiger partial charge >= 0.3 is 23.9 Å². The first-order valence-corrected chi connectivity index (χ1v) is 22.8. The molecule has 0 bridgehead atoms. The lowest BCUT2D eigenvalue weighted by atomic mass is 9.94. The average molecular weight is 949 g/mol. The Morgan fingerprint density at radius 2 is 1.26 bits per heavy atom. The molecule has 364 valence electrons. The third-order valence-electron chi connectivity index (χ3n) is 11.2. The molecule has 2 aromatic carbocycles. The Balaban J connectivity index is 1.53. The monoisotopic (exact) mass is 948 g/mol. The van der Waals surface area contributed by atoms with Crippen LogP contribution in [0.15, 0.2) is 59.5 Å². The number of para-hydroxylation sites is 1. The summed E-state index contributed by atoms with van der Waals surface area (Å²) in [6.45, 7) is -1.59. The van der Waals surface area contributed by atoms with E-state index in [1.165, 1.54) is 51.4 Å². The number of nitrogens with one attached hydrogen (secondary N) is 1. The van der Waals surface area contributed by atoms with Gasteiger partial charge in [-0.1, -0.05) is 31.0 Å². The van der Waals surface area contributed by atoms with Crippen LogP contribution in [0.1, 0.15) is 64.7 Å². The zero-order chi connectivity index (χ0) is 49.0. The van der Waals surface area contributed by atoms with E-state index in [-0.39, 0.29) is 101 Å². The molecule has 0 saturated carbocycles. The molecule has 0 spiro atoms. The third kappa shape index (κ3) is 16.9. The highest BCUT2D eigenvalue weighted by Gasteiger charge is 2.53. The van der Waals surface area contributed by atoms with Crippen molar-refractivity contribution in [3.05, 3.63) is 54.6 Å². The molecule has 2 aromatic rings. The Morgan fingerprint density at radius 3 is 1.76 bits per heavy atom. The van der Waals surface area contributed by atoms with E-state index in [0.717, 1.165) is 4.90 Å². The summed E-state index contributed by atoms with van der Waals surface area (Å²) in [5, 5.41) is 47.6. The summed E-state index contributed by atoms with van der Waals surface area (Å²) in [6, 6.07) is 12.0. The van der Waals surface area contributed by atoms with Crippen LogP contribution >= 0.6 is 0 Å². The van der Waals surface area contributed by atoms with Crippen LogP contribution in [0.5, 0.6) is 11.5 Å². The van der Waals surface area contributed by atoms with Gasteiger partial charge < -0.3 is 35.8 Å². The largest absolute Gasteiger partial charge is 0.480 e. The highest BCUT2D eigenvalue weighted by Crippen LogP contribution is 2.37. The lowest BCUT2D eigenvalue weighted by Gasteiger charge is -2.40. The first kappa shape index (κ1) is 54.5. The highest BCUT2D eigenvalue weighted by atomic mass is 32.2. The van der Waals surface area contributed by atoms with Crippen molar-refractivity contribution in [1.29, 1.82) is 0 Å². The number of unbranched alkanes of at least 4 members (excludes halogenated alkanes) is 2. The van der Waals surface area contributed by atoms with Gasteiger partial charge in [-0.3, -0.25) is 58.3 Å². The molecule has 1 aliphatic heterocycles. The lowest BCUT2D eigenvalue weighted by Crippen LogP contribution is -2.59. The zero-order valence-corrected chi connectivity index (χ0v) is 37.6. The first-order valence-electron chi connectivity index (χ1n) is 21.3. The van der Waals surface area contributed by atoms with Crippen LogP contribution in [-0.2, 0) is 48.2 Å². The van der Waals surface area contributed by atoms with Crippen molar-refractivity contribution in [3.63, 3.8) is 0 Å². The number of hydrogen-bond donors (Lipinski definition) is 7. The Hall–Kier alpha value is -5.85. The summed E-state index contributed by atoms with van der Waals surface area (Å²) >= 11 is 0. The van der Waals surface area contributed by atoms with E-state index in [1.54, 1.807) is 24.3 Å². The molecule has 2 amide bonds. The lowest BCUT2D eigenvalue weighted by molar-refractivity contribution is -0.146. The molecule has 0 radical (unpaired) electrons. The number of carbonyl (C=O) groups is 8. The zero-order valence-electron chi connectivity index (χ0n) is 36.8. The first-order chi connectivity index (χ1) is 31.2. The van der Waals surface area contributed by atoms with E-state index in [1.807, 2.05) is 6.07 Å². The predicted molar refractivity (Wildman–Crippen MR) is 233 cm³/mol. The molecule has 8 N–H and O–H groups in total. The maximum Gasteiger partial charge on any atom is 0.320 e. The van der Waals surface area contributed by atoms with Gasteiger partial charge in [-0.05, 0) is 75.4 Å². The SMILES string of the molecule is CC(=O)CN(CCN(CCN(CC(=O)O)CC(=O)O)[C@@H](CCC(=O)CCCCC[C@H](N)C(=O)N1CCC(C(=O)NO)(S(=O)(=O)c2ccc(Oc3ccccc3)cc2)CC1)C(=O)O)CC(=O)O. The second-order valence-electron chi connectivity index (χ2n) is 16.1. The predicted octanol–water partition coefficient (Wildman–Crippen LogP) is 0.948. The molecular weight excluding hydrogens is 889 g/mol. The number of ketones is 2. The van der Waals surface area contributed by atoms with Crippen LogP contribution in [0.25, 0.3) is 0 Å². The Labute approximate surface area is 382 Å². The molecule has 0 aliphatic carbocycles. The number of hydrogen-bond acceptors (Lipinski definition) is 16. The quantitative estimate of drug-likeness (QED) is 0.0314. The maximum absolute atomic E-state index is 13.9. The number of benzene rings is 2.